The molecule has 0 spiro atoms. The van der Waals surface area contributed by atoms with Crippen LogP contribution in [0.3, 0.4) is 0 Å². The van der Waals surface area contributed by atoms with Crippen LogP contribution >= 0.6 is 0 Å². The predicted octanol–water partition coefficient (Wildman–Crippen LogP) is 0.116. The van der Waals surface area contributed by atoms with Gasteiger partial charge >= 0.3 is 0 Å². The monoisotopic (exact) mass is 161 g/mol. The zero-order chi connectivity index (χ0) is 9.07. The topological polar surface area (TPSA) is 52.5 Å². The quantitative estimate of drug-likeness (QED) is 0.549. The highest BCUT2D eigenvalue weighted by Crippen LogP contribution is 2.07. The molecule has 0 aromatic carbocycles. The highest BCUT2D eigenvalue weighted by molar-refractivity contribution is 4.83. The van der Waals surface area contributed by atoms with Crippen molar-refractivity contribution < 1.29 is 10.2 Å². The summed E-state index contributed by atoms with van der Waals surface area (Å²) in [6.45, 7) is 7.76. The first-order chi connectivity index (χ1) is 4.86. The number of aliphatic hydroxyl groups is 2. The molecular weight excluding hydrogens is 142 g/mol. The van der Waals surface area contributed by atoms with Gasteiger partial charge in [-0.1, -0.05) is 0 Å². The molecule has 0 heterocycles. The van der Waals surface area contributed by atoms with E-state index in [1.165, 1.54) is 0 Å². The largest absolute Gasteiger partial charge is 0.392 e. The maximum atomic E-state index is 9.25. The highest BCUT2D eigenvalue weighted by atomic mass is 16.3. The fourth-order valence-corrected chi connectivity index (χ4v) is 0.558. The smallest absolute Gasteiger partial charge is 0.0688 e. The summed E-state index contributed by atoms with van der Waals surface area (Å²) in [4.78, 5) is 0. The molecule has 0 amide bonds. The summed E-state index contributed by atoms with van der Waals surface area (Å²) in [6.07, 6.45) is -0.783. The Labute approximate surface area is 68.4 Å². The first-order valence-electron chi connectivity index (χ1n) is 3.97. The fraction of sp³-hybridized carbons (Fsp3) is 1.00. The van der Waals surface area contributed by atoms with E-state index >= 15 is 0 Å². The second kappa shape index (κ2) is 4.04. The molecule has 0 saturated carbocycles. The van der Waals surface area contributed by atoms with E-state index < -0.39 is 6.10 Å². The van der Waals surface area contributed by atoms with Gasteiger partial charge in [0.2, 0.25) is 0 Å². The van der Waals surface area contributed by atoms with Gasteiger partial charge in [-0.2, -0.15) is 0 Å². The lowest BCUT2D eigenvalue weighted by molar-refractivity contribution is 0.0836. The van der Waals surface area contributed by atoms with E-state index in [9.17, 15) is 5.11 Å². The normalized spacial score (nSPS) is 18.0. The first kappa shape index (κ1) is 10.9. The molecule has 0 rings (SSSR count). The molecule has 2 atom stereocenters. The number of β-amino-alcohol motifs (C(OH)–C–C–N with tert-alkyl or cyclic N) is 1. The van der Waals surface area contributed by atoms with E-state index in [1.54, 1.807) is 13.8 Å². The van der Waals surface area contributed by atoms with Crippen molar-refractivity contribution in [1.82, 2.24) is 5.32 Å². The standard InChI is InChI=1S/C8H19NO2/c1-6(10)5-9-8(3,4)7(2)11/h6-7,9-11H,5H2,1-4H3/t6-,7?/m0/s1. The summed E-state index contributed by atoms with van der Waals surface area (Å²) < 4.78 is 0. The summed E-state index contributed by atoms with van der Waals surface area (Å²) >= 11 is 0. The molecule has 0 aliphatic rings. The molecule has 11 heavy (non-hydrogen) atoms. The van der Waals surface area contributed by atoms with Gasteiger partial charge < -0.3 is 15.5 Å². The van der Waals surface area contributed by atoms with Crippen LogP contribution < -0.4 is 5.32 Å². The Kier molecular flexibility index (Phi) is 4.00. The maximum Gasteiger partial charge on any atom is 0.0688 e. The van der Waals surface area contributed by atoms with Crippen LogP contribution in [0, 0.1) is 0 Å². The molecule has 3 heteroatoms. The van der Waals surface area contributed by atoms with Crippen molar-refractivity contribution in [3.8, 4) is 0 Å². The summed E-state index contributed by atoms with van der Waals surface area (Å²) in [7, 11) is 0. The van der Waals surface area contributed by atoms with Gasteiger partial charge in [0.05, 0.1) is 12.2 Å². The number of hydrogen-bond acceptors (Lipinski definition) is 3. The van der Waals surface area contributed by atoms with Crippen molar-refractivity contribution in [1.29, 1.82) is 0 Å². The van der Waals surface area contributed by atoms with Crippen LogP contribution in [0.4, 0.5) is 0 Å². The molecule has 0 fully saturated rings. The van der Waals surface area contributed by atoms with Gasteiger partial charge in [-0.05, 0) is 27.7 Å². The number of rotatable bonds is 4. The van der Waals surface area contributed by atoms with Gasteiger partial charge in [0.15, 0.2) is 0 Å². The lowest BCUT2D eigenvalue weighted by Gasteiger charge is -2.30. The molecule has 68 valence electrons. The summed E-state index contributed by atoms with van der Waals surface area (Å²) in [6, 6.07) is 0. The third-order valence-corrected chi connectivity index (χ3v) is 1.90. The van der Waals surface area contributed by atoms with Crippen LogP contribution in [-0.4, -0.2) is 34.5 Å². The van der Waals surface area contributed by atoms with E-state index in [0.29, 0.717) is 6.54 Å². The van der Waals surface area contributed by atoms with E-state index in [4.69, 9.17) is 5.11 Å². The molecule has 0 aromatic rings. The molecule has 3 N–H and O–H groups in total. The molecule has 3 nitrogen and oxygen atoms in total. The average molecular weight is 161 g/mol. The van der Waals surface area contributed by atoms with Gasteiger partial charge in [-0.25, -0.2) is 0 Å². The molecular formula is C8H19NO2. The van der Waals surface area contributed by atoms with Crippen molar-refractivity contribution in [2.45, 2.75) is 45.4 Å². The summed E-state index contributed by atoms with van der Waals surface area (Å²) in [5, 5.41) is 21.3. The first-order valence-corrected chi connectivity index (χ1v) is 3.97. The van der Waals surface area contributed by atoms with Crippen LogP contribution in [0.2, 0.25) is 0 Å². The molecule has 0 saturated heterocycles. The van der Waals surface area contributed by atoms with Crippen LogP contribution in [0.25, 0.3) is 0 Å². The maximum absolute atomic E-state index is 9.25. The lowest BCUT2D eigenvalue weighted by Crippen LogP contribution is -2.50. The molecule has 0 aromatic heterocycles. The Morgan fingerprint density at radius 2 is 1.73 bits per heavy atom. The van der Waals surface area contributed by atoms with Crippen LogP contribution in [0.1, 0.15) is 27.7 Å². The number of nitrogens with one attached hydrogen (secondary N) is 1. The van der Waals surface area contributed by atoms with E-state index in [0.717, 1.165) is 0 Å². The molecule has 0 aliphatic carbocycles. The molecule has 0 radical (unpaired) electrons. The predicted molar refractivity (Wildman–Crippen MR) is 45.4 cm³/mol. The Balaban J connectivity index is 3.73. The van der Waals surface area contributed by atoms with E-state index in [1.807, 2.05) is 13.8 Å². The van der Waals surface area contributed by atoms with Gasteiger partial charge in [-0.3, -0.25) is 0 Å². The minimum atomic E-state index is -0.416. The van der Waals surface area contributed by atoms with Crippen molar-refractivity contribution in [3.05, 3.63) is 0 Å². The molecule has 0 aliphatic heterocycles. The van der Waals surface area contributed by atoms with Crippen molar-refractivity contribution in [3.63, 3.8) is 0 Å². The highest BCUT2D eigenvalue weighted by Gasteiger charge is 2.23. The second-order valence-electron chi connectivity index (χ2n) is 3.63. The lowest BCUT2D eigenvalue weighted by atomic mass is 9.99. The number of aliphatic hydroxyl groups excluding tert-OH is 2. The van der Waals surface area contributed by atoms with Gasteiger partial charge in [0.1, 0.15) is 0 Å². The van der Waals surface area contributed by atoms with Crippen LogP contribution in [-0.2, 0) is 0 Å². The Morgan fingerprint density at radius 1 is 1.27 bits per heavy atom. The van der Waals surface area contributed by atoms with Crippen molar-refractivity contribution >= 4 is 0 Å². The summed E-state index contributed by atoms with van der Waals surface area (Å²) in [5.41, 5.74) is -0.322. The second-order valence-corrected chi connectivity index (χ2v) is 3.63. The Bertz CT molecular complexity index is 111. The van der Waals surface area contributed by atoms with Gasteiger partial charge in [0, 0.05) is 12.1 Å². The summed E-state index contributed by atoms with van der Waals surface area (Å²) in [5.74, 6) is 0. The van der Waals surface area contributed by atoms with Crippen LogP contribution in [0.5, 0.6) is 0 Å². The molecule has 0 bridgehead atoms. The minimum absolute atomic E-state index is 0.322. The number of hydrogen-bond donors (Lipinski definition) is 3. The van der Waals surface area contributed by atoms with Gasteiger partial charge in [0.25, 0.3) is 0 Å². The van der Waals surface area contributed by atoms with E-state index in [-0.39, 0.29) is 11.6 Å². The van der Waals surface area contributed by atoms with Crippen molar-refractivity contribution in [2.24, 2.45) is 0 Å². The minimum Gasteiger partial charge on any atom is -0.392 e. The SMILES string of the molecule is CC(O)C(C)(C)NC[C@H](C)O. The van der Waals surface area contributed by atoms with Gasteiger partial charge in [-0.15, -0.1) is 0 Å². The van der Waals surface area contributed by atoms with Crippen LogP contribution in [0.15, 0.2) is 0 Å². The zero-order valence-corrected chi connectivity index (χ0v) is 7.76. The zero-order valence-electron chi connectivity index (χ0n) is 7.76. The molecule has 1 unspecified atom stereocenters. The average Bonchev–Trinajstić information content (AvgIpc) is 1.84. The van der Waals surface area contributed by atoms with E-state index in [2.05, 4.69) is 5.32 Å². The third-order valence-electron chi connectivity index (χ3n) is 1.90. The Morgan fingerprint density at radius 3 is 2.00 bits per heavy atom. The fourth-order valence-electron chi connectivity index (χ4n) is 0.558. The van der Waals surface area contributed by atoms with Crippen molar-refractivity contribution in [2.75, 3.05) is 6.54 Å². The third kappa shape index (κ3) is 4.35. The Hall–Kier alpha value is -0.120.